The first-order chi connectivity index (χ1) is 15.7. The average molecular weight is 480 g/mol. The van der Waals surface area contributed by atoms with Crippen LogP contribution in [0.2, 0.25) is 0 Å². The fraction of sp³-hybridized carbons (Fsp3) is 0.500. The van der Waals surface area contributed by atoms with Gasteiger partial charge in [0.25, 0.3) is 0 Å². The molecule has 1 N–H and O–H groups in total. The van der Waals surface area contributed by atoms with Crippen molar-refractivity contribution < 1.29 is 32.5 Å². The lowest BCUT2D eigenvalue weighted by Gasteiger charge is -2.43. The van der Waals surface area contributed by atoms with Gasteiger partial charge in [-0.15, -0.1) is 0 Å². The maximum atomic E-state index is 13.0. The van der Waals surface area contributed by atoms with Gasteiger partial charge >= 0.3 is 12.3 Å². The van der Waals surface area contributed by atoms with Gasteiger partial charge in [-0.2, -0.15) is 13.2 Å². The Morgan fingerprint density at radius 3 is 2.29 bits per heavy atom. The summed E-state index contributed by atoms with van der Waals surface area (Å²) < 4.78 is 50.6. The zero-order valence-electron chi connectivity index (χ0n) is 19.9. The molecule has 0 spiro atoms. The minimum absolute atomic E-state index is 0.119. The third kappa shape index (κ3) is 7.13. The van der Waals surface area contributed by atoms with Crippen LogP contribution in [0.15, 0.2) is 54.6 Å². The number of ether oxygens (including phenoxy) is 2. The molecule has 1 heterocycles. The van der Waals surface area contributed by atoms with Gasteiger partial charge in [0.15, 0.2) is 0 Å². The van der Waals surface area contributed by atoms with Gasteiger partial charge in [-0.25, -0.2) is 4.79 Å². The van der Waals surface area contributed by atoms with Crippen LogP contribution in [0.1, 0.15) is 64.2 Å². The third-order valence-corrected chi connectivity index (χ3v) is 5.71. The van der Waals surface area contributed by atoms with E-state index in [0.717, 1.165) is 17.7 Å². The van der Waals surface area contributed by atoms with Crippen molar-refractivity contribution in [2.24, 2.45) is 0 Å². The number of benzene rings is 2. The van der Waals surface area contributed by atoms with Gasteiger partial charge in [0, 0.05) is 12.5 Å². The Kier molecular flexibility index (Phi) is 7.50. The molecule has 1 fully saturated rings. The van der Waals surface area contributed by atoms with E-state index in [1.54, 1.807) is 32.6 Å². The zero-order valence-corrected chi connectivity index (χ0v) is 19.9. The SMILES string of the molecule is CC1(O)CCC(CC(Oc2ccc(C(F)(F)F)cc2)c2ccccc2)N(C(=O)OC(C)(C)C)C1. The summed E-state index contributed by atoms with van der Waals surface area (Å²) in [4.78, 5) is 14.5. The van der Waals surface area contributed by atoms with E-state index in [4.69, 9.17) is 9.47 Å². The Balaban J connectivity index is 1.85. The second-order valence-corrected chi connectivity index (χ2v) is 10.1. The summed E-state index contributed by atoms with van der Waals surface area (Å²) in [6.07, 6.45) is -4.04. The van der Waals surface area contributed by atoms with Gasteiger partial charge < -0.3 is 19.5 Å². The van der Waals surface area contributed by atoms with Crippen LogP contribution >= 0.6 is 0 Å². The number of halogens is 3. The predicted molar refractivity (Wildman–Crippen MR) is 122 cm³/mol. The van der Waals surface area contributed by atoms with Crippen molar-refractivity contribution in [1.29, 1.82) is 0 Å². The number of hydrogen-bond donors (Lipinski definition) is 1. The Bertz CT molecular complexity index is 953. The summed E-state index contributed by atoms with van der Waals surface area (Å²) in [7, 11) is 0. The van der Waals surface area contributed by atoms with Crippen LogP contribution in [0.25, 0.3) is 0 Å². The molecule has 3 rings (SSSR count). The van der Waals surface area contributed by atoms with Gasteiger partial charge in [-0.05, 0) is 70.4 Å². The molecular formula is C26H32F3NO4. The molecule has 1 saturated heterocycles. The summed E-state index contributed by atoms with van der Waals surface area (Å²) >= 11 is 0. The molecule has 0 saturated carbocycles. The molecular weight excluding hydrogens is 447 g/mol. The molecule has 3 atom stereocenters. The van der Waals surface area contributed by atoms with E-state index < -0.39 is 35.1 Å². The Morgan fingerprint density at radius 2 is 1.74 bits per heavy atom. The highest BCUT2D eigenvalue weighted by Crippen LogP contribution is 2.35. The van der Waals surface area contributed by atoms with Crippen molar-refractivity contribution in [3.05, 3.63) is 65.7 Å². The van der Waals surface area contributed by atoms with Crippen LogP contribution < -0.4 is 4.74 Å². The lowest BCUT2D eigenvalue weighted by atomic mass is 9.87. The summed E-state index contributed by atoms with van der Waals surface area (Å²) in [5.41, 5.74) is -1.64. The molecule has 0 aromatic heterocycles. The summed E-state index contributed by atoms with van der Waals surface area (Å²) in [6, 6.07) is 13.6. The lowest BCUT2D eigenvalue weighted by Crippen LogP contribution is -2.55. The number of hydrogen-bond acceptors (Lipinski definition) is 4. The number of amides is 1. The minimum Gasteiger partial charge on any atom is -0.486 e. The number of aliphatic hydroxyl groups is 1. The van der Waals surface area contributed by atoms with Crippen molar-refractivity contribution >= 4 is 6.09 Å². The first-order valence-corrected chi connectivity index (χ1v) is 11.3. The molecule has 8 heteroatoms. The highest BCUT2D eigenvalue weighted by Gasteiger charge is 2.40. The molecule has 1 aliphatic rings. The maximum absolute atomic E-state index is 13.0. The first-order valence-electron chi connectivity index (χ1n) is 11.3. The number of β-amino-alcohol motifs (C(OH)–C–C–N with tert-alkyl or cyclic N) is 1. The molecule has 5 nitrogen and oxygen atoms in total. The molecule has 1 amide bonds. The monoisotopic (exact) mass is 479 g/mol. The normalized spacial score (nSPS) is 22.2. The molecule has 2 aromatic rings. The van der Waals surface area contributed by atoms with E-state index in [1.807, 2.05) is 30.3 Å². The van der Waals surface area contributed by atoms with Crippen LogP contribution in [-0.2, 0) is 10.9 Å². The van der Waals surface area contributed by atoms with Crippen LogP contribution in [0.5, 0.6) is 5.75 Å². The second-order valence-electron chi connectivity index (χ2n) is 10.1. The van der Waals surface area contributed by atoms with Crippen molar-refractivity contribution in [3.8, 4) is 5.75 Å². The topological polar surface area (TPSA) is 59.0 Å². The van der Waals surface area contributed by atoms with Gasteiger partial charge in [0.1, 0.15) is 17.5 Å². The molecule has 3 unspecified atom stereocenters. The number of nitrogens with zero attached hydrogens (tertiary/aromatic N) is 1. The number of likely N-dealkylation sites (tertiary alicyclic amines) is 1. The summed E-state index contributed by atoms with van der Waals surface area (Å²) in [5.74, 6) is 0.300. The number of piperidine rings is 1. The second kappa shape index (κ2) is 9.86. The fourth-order valence-corrected chi connectivity index (χ4v) is 4.04. The maximum Gasteiger partial charge on any atom is 0.416 e. The zero-order chi connectivity index (χ0) is 25.1. The molecule has 186 valence electrons. The molecule has 0 radical (unpaired) electrons. The van der Waals surface area contributed by atoms with E-state index in [9.17, 15) is 23.1 Å². The largest absolute Gasteiger partial charge is 0.486 e. The van der Waals surface area contributed by atoms with Crippen molar-refractivity contribution in [3.63, 3.8) is 0 Å². The van der Waals surface area contributed by atoms with Crippen molar-refractivity contribution in [2.45, 2.75) is 76.5 Å². The highest BCUT2D eigenvalue weighted by molar-refractivity contribution is 5.69. The Morgan fingerprint density at radius 1 is 1.12 bits per heavy atom. The van der Waals surface area contributed by atoms with Crippen LogP contribution in [-0.4, -0.2) is 39.9 Å². The molecule has 1 aliphatic heterocycles. The number of carbonyl (C=O) groups is 1. The fourth-order valence-electron chi connectivity index (χ4n) is 4.04. The van der Waals surface area contributed by atoms with E-state index in [1.165, 1.54) is 12.1 Å². The first kappa shape index (κ1) is 25.9. The smallest absolute Gasteiger partial charge is 0.416 e. The van der Waals surface area contributed by atoms with E-state index >= 15 is 0 Å². The molecule has 0 bridgehead atoms. The lowest BCUT2D eigenvalue weighted by molar-refractivity contribution is -0.137. The number of carbonyl (C=O) groups excluding carboxylic acids is 1. The van der Waals surface area contributed by atoms with Gasteiger partial charge in [0.05, 0.1) is 17.7 Å². The number of alkyl halides is 3. The summed E-state index contributed by atoms with van der Waals surface area (Å²) in [6.45, 7) is 7.15. The van der Waals surface area contributed by atoms with Crippen LogP contribution in [0.3, 0.4) is 0 Å². The minimum atomic E-state index is -4.43. The third-order valence-electron chi connectivity index (χ3n) is 5.71. The Hall–Kier alpha value is -2.74. The Labute approximate surface area is 198 Å². The quantitative estimate of drug-likeness (QED) is 0.542. The highest BCUT2D eigenvalue weighted by atomic mass is 19.4. The van der Waals surface area contributed by atoms with E-state index in [0.29, 0.717) is 25.0 Å². The molecule has 34 heavy (non-hydrogen) atoms. The predicted octanol–water partition coefficient (Wildman–Crippen LogP) is 6.37. The summed E-state index contributed by atoms with van der Waals surface area (Å²) in [5, 5.41) is 10.6. The standard InChI is InChI=1S/C26H32F3NO4/c1-24(2,3)34-23(31)30-17-25(4,32)15-14-20(30)16-22(18-8-6-5-7-9-18)33-21-12-10-19(11-13-21)26(27,28)29/h5-13,20,22,32H,14-17H2,1-4H3. The number of rotatable bonds is 5. The van der Waals surface area contributed by atoms with Crippen LogP contribution in [0.4, 0.5) is 18.0 Å². The van der Waals surface area contributed by atoms with Gasteiger partial charge in [-0.1, -0.05) is 30.3 Å². The van der Waals surface area contributed by atoms with Crippen molar-refractivity contribution in [1.82, 2.24) is 4.90 Å². The van der Waals surface area contributed by atoms with E-state index in [2.05, 4.69) is 0 Å². The average Bonchev–Trinajstić information content (AvgIpc) is 2.73. The van der Waals surface area contributed by atoms with Crippen molar-refractivity contribution in [2.75, 3.05) is 6.54 Å². The molecule has 0 aliphatic carbocycles. The molecule has 2 aromatic carbocycles. The van der Waals surface area contributed by atoms with Gasteiger partial charge in [-0.3, -0.25) is 0 Å². The van der Waals surface area contributed by atoms with E-state index in [-0.39, 0.29) is 12.6 Å². The van der Waals surface area contributed by atoms with Crippen LogP contribution in [0, 0.1) is 0 Å². The van der Waals surface area contributed by atoms with Gasteiger partial charge in [0.2, 0.25) is 0 Å².